The Kier molecular flexibility index (Phi) is 4.34. The summed E-state index contributed by atoms with van der Waals surface area (Å²) < 4.78 is 1.59. The third-order valence-electron chi connectivity index (χ3n) is 3.79. The first-order chi connectivity index (χ1) is 10.8. The van der Waals surface area contributed by atoms with Crippen LogP contribution in [0.5, 0.6) is 0 Å². The summed E-state index contributed by atoms with van der Waals surface area (Å²) in [5, 5.41) is 1.89. The molecule has 3 nitrogen and oxygen atoms in total. The van der Waals surface area contributed by atoms with Gasteiger partial charge in [-0.3, -0.25) is 9.20 Å². The van der Waals surface area contributed by atoms with E-state index in [1.165, 1.54) is 27.4 Å². The highest BCUT2D eigenvalue weighted by molar-refractivity contribution is 7.98. The molecular weight excluding hydrogens is 324 g/mol. The summed E-state index contributed by atoms with van der Waals surface area (Å²) in [6.07, 6.45) is 1.77. The molecule has 0 aliphatic carbocycles. The second-order valence-electron chi connectivity index (χ2n) is 6.66. The Morgan fingerprint density at radius 3 is 2.78 bits per heavy atom. The maximum absolute atomic E-state index is 12.0. The first-order valence-corrected chi connectivity index (χ1v) is 9.41. The van der Waals surface area contributed by atoms with Gasteiger partial charge in [0.05, 0.1) is 5.69 Å². The summed E-state index contributed by atoms with van der Waals surface area (Å²) >= 11 is 3.23. The number of benzene rings is 1. The fraction of sp³-hybridized carbons (Fsp3) is 0.333. The van der Waals surface area contributed by atoms with Crippen LogP contribution in [0.3, 0.4) is 0 Å². The number of hydrogen-bond donors (Lipinski definition) is 0. The van der Waals surface area contributed by atoms with Crippen LogP contribution in [0.25, 0.3) is 4.96 Å². The molecule has 0 atom stereocenters. The van der Waals surface area contributed by atoms with Gasteiger partial charge in [-0.15, -0.1) is 23.1 Å². The molecule has 2 aromatic heterocycles. The average Bonchev–Trinajstić information content (AvgIpc) is 2.94. The summed E-state index contributed by atoms with van der Waals surface area (Å²) in [6, 6.07) is 8.27. The highest BCUT2D eigenvalue weighted by atomic mass is 32.2. The van der Waals surface area contributed by atoms with Crippen molar-refractivity contribution in [3.63, 3.8) is 0 Å². The first-order valence-electron chi connectivity index (χ1n) is 7.54. The van der Waals surface area contributed by atoms with Crippen molar-refractivity contribution in [2.75, 3.05) is 0 Å². The van der Waals surface area contributed by atoms with Gasteiger partial charge in [0, 0.05) is 28.3 Å². The van der Waals surface area contributed by atoms with Crippen LogP contribution >= 0.6 is 23.1 Å². The topological polar surface area (TPSA) is 34.4 Å². The minimum Gasteiger partial charge on any atom is -0.269 e. The summed E-state index contributed by atoms with van der Waals surface area (Å²) in [7, 11) is 0. The molecule has 5 heteroatoms. The number of rotatable bonds is 3. The second-order valence-corrected chi connectivity index (χ2v) is 8.55. The number of fused-ring (bicyclic) bond motifs is 1. The largest absolute Gasteiger partial charge is 0.269 e. The average molecular weight is 345 g/mol. The molecule has 0 aliphatic heterocycles. The smallest absolute Gasteiger partial charge is 0.258 e. The van der Waals surface area contributed by atoms with Gasteiger partial charge < -0.3 is 0 Å². The lowest BCUT2D eigenvalue weighted by Crippen LogP contribution is -2.12. The number of thioether (sulfide) groups is 1. The van der Waals surface area contributed by atoms with Crippen molar-refractivity contribution in [1.29, 1.82) is 0 Å². The number of aryl methyl sites for hydroxylation is 1. The Balaban J connectivity index is 1.86. The highest BCUT2D eigenvalue weighted by Crippen LogP contribution is 2.31. The number of aromatic nitrogens is 2. The van der Waals surface area contributed by atoms with Crippen LogP contribution < -0.4 is 5.56 Å². The molecular formula is C18H20N2OS2. The maximum Gasteiger partial charge on any atom is 0.258 e. The van der Waals surface area contributed by atoms with Crippen molar-refractivity contribution in [2.45, 2.75) is 43.8 Å². The zero-order valence-electron chi connectivity index (χ0n) is 13.8. The van der Waals surface area contributed by atoms with Crippen LogP contribution in [0.4, 0.5) is 0 Å². The van der Waals surface area contributed by atoms with Gasteiger partial charge in [0.2, 0.25) is 0 Å². The van der Waals surface area contributed by atoms with E-state index in [4.69, 9.17) is 0 Å². The predicted molar refractivity (Wildman–Crippen MR) is 98.8 cm³/mol. The minimum absolute atomic E-state index is 0.00739. The molecule has 0 fully saturated rings. The normalized spacial score (nSPS) is 12.0. The van der Waals surface area contributed by atoms with E-state index in [9.17, 15) is 4.79 Å². The fourth-order valence-corrected chi connectivity index (χ4v) is 4.03. The van der Waals surface area contributed by atoms with Crippen molar-refractivity contribution in [3.05, 3.63) is 63.0 Å². The lowest BCUT2D eigenvalue weighted by Gasteiger charge is -2.20. The van der Waals surface area contributed by atoms with Gasteiger partial charge in [-0.25, -0.2) is 4.98 Å². The second kappa shape index (κ2) is 6.13. The molecule has 0 bridgehead atoms. The Hall–Kier alpha value is -1.59. The van der Waals surface area contributed by atoms with Crippen molar-refractivity contribution in [1.82, 2.24) is 9.38 Å². The molecule has 120 valence electrons. The molecule has 3 rings (SSSR count). The van der Waals surface area contributed by atoms with E-state index < -0.39 is 0 Å². The summed E-state index contributed by atoms with van der Waals surface area (Å²) in [5.74, 6) is 0.706. The molecule has 0 amide bonds. The van der Waals surface area contributed by atoms with Crippen LogP contribution in [-0.2, 0) is 11.2 Å². The lowest BCUT2D eigenvalue weighted by molar-refractivity contribution is 0.588. The molecule has 3 aromatic rings. The van der Waals surface area contributed by atoms with Gasteiger partial charge in [0.15, 0.2) is 4.96 Å². The van der Waals surface area contributed by atoms with E-state index in [0.29, 0.717) is 5.75 Å². The van der Waals surface area contributed by atoms with E-state index in [0.717, 1.165) is 10.7 Å². The molecule has 0 unspecified atom stereocenters. The van der Waals surface area contributed by atoms with Crippen LogP contribution in [-0.4, -0.2) is 9.38 Å². The summed E-state index contributed by atoms with van der Waals surface area (Å²) in [6.45, 7) is 8.79. The molecule has 0 radical (unpaired) electrons. The Labute approximate surface area is 144 Å². The molecule has 0 saturated heterocycles. The maximum atomic E-state index is 12.0. The molecule has 2 heterocycles. The molecule has 1 aromatic carbocycles. The van der Waals surface area contributed by atoms with Crippen LogP contribution in [0.15, 0.2) is 45.5 Å². The molecule has 23 heavy (non-hydrogen) atoms. The molecule has 0 spiro atoms. The number of nitrogens with zero attached hydrogens (tertiary/aromatic N) is 2. The van der Waals surface area contributed by atoms with Crippen molar-refractivity contribution in [2.24, 2.45) is 0 Å². The van der Waals surface area contributed by atoms with Gasteiger partial charge in [-0.2, -0.15) is 0 Å². The van der Waals surface area contributed by atoms with Crippen LogP contribution in [0.2, 0.25) is 0 Å². The standard InChI is InChI=1S/C18H20N2OS2/c1-12-5-6-13(18(2,3)4)9-15(12)23-11-14-10-16(21)20-7-8-22-17(20)19-14/h5-10H,11H2,1-4H3. The van der Waals surface area contributed by atoms with Gasteiger partial charge in [-0.05, 0) is 29.5 Å². The van der Waals surface area contributed by atoms with Crippen LogP contribution in [0, 0.1) is 6.92 Å². The number of hydrogen-bond acceptors (Lipinski definition) is 4. The lowest BCUT2D eigenvalue weighted by atomic mass is 9.87. The SMILES string of the molecule is Cc1ccc(C(C)(C)C)cc1SCc1cc(=O)n2ccsc2n1. The third kappa shape index (κ3) is 3.51. The third-order valence-corrected chi connectivity index (χ3v) is 5.73. The van der Waals surface area contributed by atoms with Crippen molar-refractivity contribution >= 4 is 28.1 Å². The van der Waals surface area contributed by atoms with E-state index >= 15 is 0 Å². The Morgan fingerprint density at radius 2 is 2.04 bits per heavy atom. The van der Waals surface area contributed by atoms with E-state index in [1.807, 2.05) is 5.38 Å². The number of thiazole rings is 1. The summed E-state index contributed by atoms with van der Waals surface area (Å²) in [5.41, 5.74) is 3.55. The van der Waals surface area contributed by atoms with Gasteiger partial charge in [0.25, 0.3) is 5.56 Å². The monoisotopic (exact) mass is 344 g/mol. The van der Waals surface area contributed by atoms with Crippen molar-refractivity contribution < 1.29 is 0 Å². The van der Waals surface area contributed by atoms with Gasteiger partial charge in [0.1, 0.15) is 0 Å². The quantitative estimate of drug-likeness (QED) is 0.648. The fourth-order valence-electron chi connectivity index (χ4n) is 2.34. The summed E-state index contributed by atoms with van der Waals surface area (Å²) in [4.78, 5) is 18.6. The molecule has 0 saturated carbocycles. The van der Waals surface area contributed by atoms with E-state index in [1.54, 1.807) is 28.4 Å². The molecule has 0 N–H and O–H groups in total. The van der Waals surface area contributed by atoms with Crippen LogP contribution in [0.1, 0.15) is 37.6 Å². The predicted octanol–water partition coefficient (Wildman–Crippen LogP) is 4.65. The molecule has 0 aliphatic rings. The van der Waals surface area contributed by atoms with Gasteiger partial charge in [-0.1, -0.05) is 32.9 Å². The zero-order valence-corrected chi connectivity index (χ0v) is 15.4. The highest BCUT2D eigenvalue weighted by Gasteiger charge is 2.15. The van der Waals surface area contributed by atoms with E-state index in [-0.39, 0.29) is 11.0 Å². The first kappa shape index (κ1) is 16.3. The Morgan fingerprint density at radius 1 is 1.26 bits per heavy atom. The minimum atomic E-state index is -0.00739. The van der Waals surface area contributed by atoms with Gasteiger partial charge >= 0.3 is 0 Å². The van der Waals surface area contributed by atoms with E-state index in [2.05, 4.69) is 50.9 Å². The Bertz CT molecular complexity index is 903. The van der Waals surface area contributed by atoms with Crippen molar-refractivity contribution in [3.8, 4) is 0 Å². The zero-order chi connectivity index (χ0) is 16.6.